The molecule has 2 aromatic heterocycles. The second-order valence-corrected chi connectivity index (χ2v) is 7.34. The lowest BCUT2D eigenvalue weighted by atomic mass is 10.3. The van der Waals surface area contributed by atoms with E-state index in [1.165, 1.54) is 29.9 Å². The maximum Gasteiger partial charge on any atom is 0.272 e. The number of methoxy groups -OCH3 is 1. The first-order valence-corrected chi connectivity index (χ1v) is 8.94. The van der Waals surface area contributed by atoms with E-state index in [9.17, 15) is 13.2 Å². The van der Waals surface area contributed by atoms with Gasteiger partial charge < -0.3 is 15.0 Å². The number of pyridine rings is 1. The summed E-state index contributed by atoms with van der Waals surface area (Å²) < 4.78 is 31.3. The molecular weight excluding hydrogens is 332 g/mol. The van der Waals surface area contributed by atoms with E-state index < -0.39 is 15.9 Å². The number of hydrogen-bond donors (Lipinski definition) is 2. The molecule has 0 aromatic carbocycles. The summed E-state index contributed by atoms with van der Waals surface area (Å²) in [4.78, 5) is 19.0. The van der Waals surface area contributed by atoms with Gasteiger partial charge in [0.15, 0.2) is 0 Å². The number of carbonyl (C=O) groups excluding carboxylic acids is 1. The van der Waals surface area contributed by atoms with Gasteiger partial charge >= 0.3 is 0 Å². The number of anilines is 1. The fourth-order valence-corrected chi connectivity index (χ4v) is 4.02. The van der Waals surface area contributed by atoms with Crippen molar-refractivity contribution >= 4 is 21.6 Å². The van der Waals surface area contributed by atoms with E-state index >= 15 is 0 Å². The minimum Gasteiger partial charge on any atom is -0.481 e. The van der Waals surface area contributed by atoms with Crippen molar-refractivity contribution in [2.45, 2.75) is 17.7 Å². The third-order valence-electron chi connectivity index (χ3n) is 3.81. The number of hydrogen-bond acceptors (Lipinski definition) is 5. The molecule has 0 aliphatic carbocycles. The Bertz CT molecular complexity index is 823. The predicted molar refractivity (Wildman–Crippen MR) is 87.5 cm³/mol. The molecule has 0 radical (unpaired) electrons. The first-order chi connectivity index (χ1) is 11.5. The highest BCUT2D eigenvalue weighted by atomic mass is 32.2. The molecule has 8 nitrogen and oxygen atoms in total. The first-order valence-electron chi connectivity index (χ1n) is 7.50. The van der Waals surface area contributed by atoms with Crippen molar-refractivity contribution < 1.29 is 17.9 Å². The largest absolute Gasteiger partial charge is 0.481 e. The molecule has 1 amide bonds. The average molecular weight is 350 g/mol. The van der Waals surface area contributed by atoms with E-state index in [0.29, 0.717) is 24.7 Å². The second kappa shape index (κ2) is 6.62. The summed E-state index contributed by atoms with van der Waals surface area (Å²) >= 11 is 0. The van der Waals surface area contributed by atoms with Gasteiger partial charge in [0.05, 0.1) is 19.0 Å². The number of aromatic nitrogens is 2. The third-order valence-corrected chi connectivity index (χ3v) is 5.68. The number of rotatable bonds is 5. The van der Waals surface area contributed by atoms with Crippen LogP contribution in [0.5, 0.6) is 5.88 Å². The molecule has 128 valence electrons. The molecule has 1 saturated heterocycles. The fraction of sp³-hybridized carbons (Fsp3) is 0.333. The number of aromatic amines is 1. The van der Waals surface area contributed by atoms with Crippen LogP contribution in [0.15, 0.2) is 35.5 Å². The Hall–Kier alpha value is -2.39. The number of nitrogens with one attached hydrogen (secondary N) is 2. The average Bonchev–Trinajstić information content (AvgIpc) is 3.27. The molecule has 3 heterocycles. The van der Waals surface area contributed by atoms with Gasteiger partial charge in [0, 0.05) is 25.4 Å². The van der Waals surface area contributed by atoms with Gasteiger partial charge in [-0.15, -0.1) is 0 Å². The van der Waals surface area contributed by atoms with Crippen LogP contribution in [0.3, 0.4) is 0 Å². The van der Waals surface area contributed by atoms with Gasteiger partial charge in [0.25, 0.3) is 5.91 Å². The van der Waals surface area contributed by atoms with Crippen LogP contribution in [0.2, 0.25) is 0 Å². The van der Waals surface area contributed by atoms with Crippen molar-refractivity contribution in [2.24, 2.45) is 0 Å². The summed E-state index contributed by atoms with van der Waals surface area (Å²) in [6, 6.07) is 4.61. The van der Waals surface area contributed by atoms with E-state index in [1.807, 2.05) is 0 Å². The summed E-state index contributed by atoms with van der Waals surface area (Å²) in [6.45, 7) is 1.04. The predicted octanol–water partition coefficient (Wildman–Crippen LogP) is 1.46. The monoisotopic (exact) mass is 350 g/mol. The minimum absolute atomic E-state index is 0.0994. The van der Waals surface area contributed by atoms with Gasteiger partial charge in [-0.1, -0.05) is 0 Å². The van der Waals surface area contributed by atoms with E-state index in [4.69, 9.17) is 4.74 Å². The number of amides is 1. The van der Waals surface area contributed by atoms with E-state index in [1.54, 1.807) is 12.1 Å². The molecule has 0 bridgehead atoms. The zero-order chi connectivity index (χ0) is 17.2. The lowest BCUT2D eigenvalue weighted by Gasteiger charge is -2.13. The smallest absolute Gasteiger partial charge is 0.272 e. The minimum atomic E-state index is -3.54. The van der Waals surface area contributed by atoms with Crippen molar-refractivity contribution in [3.63, 3.8) is 0 Å². The molecule has 0 spiro atoms. The van der Waals surface area contributed by atoms with Crippen LogP contribution >= 0.6 is 0 Å². The van der Waals surface area contributed by atoms with Crippen LogP contribution in [0.25, 0.3) is 0 Å². The van der Waals surface area contributed by atoms with Crippen molar-refractivity contribution in [3.05, 3.63) is 36.3 Å². The Kier molecular flexibility index (Phi) is 4.54. The summed E-state index contributed by atoms with van der Waals surface area (Å²) in [6.07, 6.45) is 4.53. The standard InChI is InChI=1S/C15H18N4O4S/c1-23-14-5-4-11(9-17-14)18-15(20)13-8-12(10-16-13)24(21,22)19-6-2-3-7-19/h4-5,8-10,16H,2-3,6-7H2,1H3,(H,18,20). The normalized spacial score (nSPS) is 15.4. The highest BCUT2D eigenvalue weighted by Crippen LogP contribution is 2.21. The van der Waals surface area contributed by atoms with Crippen LogP contribution in [-0.2, 0) is 10.0 Å². The van der Waals surface area contributed by atoms with E-state index in [0.717, 1.165) is 12.8 Å². The molecule has 1 fully saturated rings. The Morgan fingerprint density at radius 3 is 2.71 bits per heavy atom. The number of ether oxygens (including phenoxy) is 1. The van der Waals surface area contributed by atoms with Gasteiger partial charge in [-0.2, -0.15) is 4.31 Å². The SMILES string of the molecule is COc1ccc(NC(=O)c2cc(S(=O)(=O)N3CCCC3)c[nH]2)cn1. The van der Waals surface area contributed by atoms with Crippen LogP contribution in [-0.4, -0.2) is 48.8 Å². The lowest BCUT2D eigenvalue weighted by Crippen LogP contribution is -2.27. The first kappa shape index (κ1) is 16.5. The number of sulfonamides is 1. The molecule has 9 heteroatoms. The highest BCUT2D eigenvalue weighted by Gasteiger charge is 2.28. The number of H-pyrrole nitrogens is 1. The Labute approximate surface area is 139 Å². The van der Waals surface area contributed by atoms with Crippen LogP contribution in [0.1, 0.15) is 23.3 Å². The molecule has 2 N–H and O–H groups in total. The Morgan fingerprint density at radius 2 is 2.08 bits per heavy atom. The molecule has 2 aromatic rings. The van der Waals surface area contributed by atoms with Crippen molar-refractivity contribution in [1.82, 2.24) is 14.3 Å². The van der Waals surface area contributed by atoms with E-state index in [-0.39, 0.29) is 10.6 Å². The zero-order valence-corrected chi connectivity index (χ0v) is 14.0. The van der Waals surface area contributed by atoms with E-state index in [2.05, 4.69) is 15.3 Å². The maximum absolute atomic E-state index is 12.4. The van der Waals surface area contributed by atoms with Crippen LogP contribution < -0.4 is 10.1 Å². The summed E-state index contributed by atoms with van der Waals surface area (Å²) in [7, 11) is -2.04. The zero-order valence-electron chi connectivity index (χ0n) is 13.2. The molecule has 0 atom stereocenters. The topological polar surface area (TPSA) is 104 Å². The molecule has 1 aliphatic rings. The number of nitrogens with zero attached hydrogens (tertiary/aromatic N) is 2. The summed E-state index contributed by atoms with van der Waals surface area (Å²) in [5.74, 6) is -0.00305. The van der Waals surface area contributed by atoms with Gasteiger partial charge in [0.2, 0.25) is 15.9 Å². The molecule has 1 aliphatic heterocycles. The Morgan fingerprint density at radius 1 is 1.33 bits per heavy atom. The van der Waals surface area contributed by atoms with Crippen molar-refractivity contribution in [2.75, 3.05) is 25.5 Å². The molecule has 0 saturated carbocycles. The fourth-order valence-electron chi connectivity index (χ4n) is 2.51. The van der Waals surface area contributed by atoms with Crippen LogP contribution in [0.4, 0.5) is 5.69 Å². The van der Waals surface area contributed by atoms with Crippen molar-refractivity contribution in [1.29, 1.82) is 0 Å². The van der Waals surface area contributed by atoms with Gasteiger partial charge in [-0.05, 0) is 25.0 Å². The molecular formula is C15H18N4O4S. The second-order valence-electron chi connectivity index (χ2n) is 5.40. The van der Waals surface area contributed by atoms with Gasteiger partial charge in [-0.3, -0.25) is 4.79 Å². The lowest BCUT2D eigenvalue weighted by molar-refractivity contribution is 0.102. The number of carbonyl (C=O) groups is 1. The van der Waals surface area contributed by atoms with Gasteiger partial charge in [0.1, 0.15) is 10.6 Å². The molecule has 0 unspecified atom stereocenters. The maximum atomic E-state index is 12.4. The molecule has 3 rings (SSSR count). The summed E-state index contributed by atoms with van der Waals surface area (Å²) in [5.41, 5.74) is 0.656. The highest BCUT2D eigenvalue weighted by molar-refractivity contribution is 7.89. The Balaban J connectivity index is 1.73. The van der Waals surface area contributed by atoms with Gasteiger partial charge in [-0.25, -0.2) is 13.4 Å². The quantitative estimate of drug-likeness (QED) is 0.849. The molecule has 24 heavy (non-hydrogen) atoms. The summed E-state index contributed by atoms with van der Waals surface area (Å²) in [5, 5.41) is 2.65. The van der Waals surface area contributed by atoms with Crippen LogP contribution in [0, 0.1) is 0 Å². The van der Waals surface area contributed by atoms with Crippen molar-refractivity contribution in [3.8, 4) is 5.88 Å². The third kappa shape index (κ3) is 3.26.